The van der Waals surface area contributed by atoms with Crippen LogP contribution in [0.4, 0.5) is 0 Å². The summed E-state index contributed by atoms with van der Waals surface area (Å²) in [5.74, 6) is 1.30. The van der Waals surface area contributed by atoms with Crippen LogP contribution in [0.2, 0.25) is 0 Å². The fraction of sp³-hybridized carbons (Fsp3) is 0.941. The predicted octanol–water partition coefficient (Wildman–Crippen LogP) is 3.33. The van der Waals surface area contributed by atoms with Crippen molar-refractivity contribution in [2.75, 3.05) is 0 Å². The van der Waals surface area contributed by atoms with E-state index in [1.54, 1.807) is 0 Å². The van der Waals surface area contributed by atoms with Crippen LogP contribution in [0.5, 0.6) is 0 Å². The highest BCUT2D eigenvalue weighted by atomic mass is 16.6. The van der Waals surface area contributed by atoms with Gasteiger partial charge in [0.05, 0.1) is 12.2 Å². The maximum atomic E-state index is 10.7. The summed E-state index contributed by atoms with van der Waals surface area (Å²) in [6.45, 7) is 11.1. The van der Waals surface area contributed by atoms with Crippen molar-refractivity contribution in [2.45, 2.75) is 66.3 Å². The molecular weight excluding hydrogens is 250 g/mol. The van der Waals surface area contributed by atoms with Gasteiger partial charge in [-0.3, -0.25) is 0 Å². The molecule has 0 aromatic heterocycles. The lowest BCUT2D eigenvalue weighted by molar-refractivity contribution is -0.263. The third-order valence-electron chi connectivity index (χ3n) is 6.61. The molecule has 0 spiro atoms. The van der Waals surface area contributed by atoms with E-state index in [0.29, 0.717) is 11.8 Å². The maximum absolute atomic E-state index is 10.7. The molecule has 0 bridgehead atoms. The summed E-state index contributed by atoms with van der Waals surface area (Å²) in [4.78, 5) is 0. The first-order valence-electron chi connectivity index (χ1n) is 7.87. The Hall–Kier alpha value is -0.590. The van der Waals surface area contributed by atoms with E-state index >= 15 is 0 Å². The highest BCUT2D eigenvalue weighted by Crippen LogP contribution is 2.73. The van der Waals surface area contributed by atoms with E-state index in [-0.39, 0.29) is 28.3 Å². The SMILES string of the molecule is CC(C)(C)C1(C(O)OC2CC3C(C#N)CC23)CC1(C)C. The van der Waals surface area contributed by atoms with Crippen LogP contribution in [0, 0.1) is 45.3 Å². The largest absolute Gasteiger partial charge is 0.367 e. The van der Waals surface area contributed by atoms with E-state index in [1.807, 2.05) is 0 Å². The van der Waals surface area contributed by atoms with Crippen LogP contribution in [0.15, 0.2) is 0 Å². The van der Waals surface area contributed by atoms with Crippen molar-refractivity contribution in [3.05, 3.63) is 0 Å². The molecule has 6 unspecified atom stereocenters. The summed E-state index contributed by atoms with van der Waals surface area (Å²) < 4.78 is 6.05. The standard InChI is InChI=1S/C17H27NO2/c1-15(2,3)17(9-16(17,4)5)14(19)20-13-7-11-10(8-18)6-12(11)13/h10-14,19H,6-7,9H2,1-5H3. The Morgan fingerprint density at radius 2 is 1.85 bits per heavy atom. The zero-order chi connectivity index (χ0) is 14.9. The van der Waals surface area contributed by atoms with Gasteiger partial charge in [0.25, 0.3) is 0 Å². The van der Waals surface area contributed by atoms with Crippen molar-refractivity contribution in [1.82, 2.24) is 0 Å². The number of nitriles is 1. The molecule has 0 amide bonds. The van der Waals surface area contributed by atoms with Crippen molar-refractivity contribution in [3.8, 4) is 6.07 Å². The molecule has 3 rings (SSSR count). The molecule has 3 heteroatoms. The third-order valence-corrected chi connectivity index (χ3v) is 6.61. The van der Waals surface area contributed by atoms with Crippen LogP contribution < -0.4 is 0 Å². The summed E-state index contributed by atoms with van der Waals surface area (Å²) >= 11 is 0. The van der Waals surface area contributed by atoms with Crippen molar-refractivity contribution < 1.29 is 9.84 Å². The molecule has 0 saturated heterocycles. The van der Waals surface area contributed by atoms with Gasteiger partial charge >= 0.3 is 0 Å². The summed E-state index contributed by atoms with van der Waals surface area (Å²) in [6.07, 6.45) is 2.44. The fourth-order valence-electron chi connectivity index (χ4n) is 5.07. The Morgan fingerprint density at radius 3 is 2.20 bits per heavy atom. The van der Waals surface area contributed by atoms with Gasteiger partial charge in [-0.15, -0.1) is 0 Å². The first-order chi connectivity index (χ1) is 9.14. The monoisotopic (exact) mass is 277 g/mol. The van der Waals surface area contributed by atoms with E-state index in [0.717, 1.165) is 19.3 Å². The lowest BCUT2D eigenvalue weighted by Gasteiger charge is -2.56. The number of aliphatic hydroxyl groups excluding tert-OH is 1. The molecule has 0 radical (unpaired) electrons. The van der Waals surface area contributed by atoms with E-state index in [4.69, 9.17) is 10.00 Å². The number of fused-ring (bicyclic) bond motifs is 1. The van der Waals surface area contributed by atoms with E-state index < -0.39 is 6.29 Å². The average Bonchev–Trinajstić information content (AvgIpc) is 2.89. The van der Waals surface area contributed by atoms with Gasteiger partial charge in [0, 0.05) is 11.3 Å². The Kier molecular flexibility index (Phi) is 2.86. The van der Waals surface area contributed by atoms with Crippen LogP contribution >= 0.6 is 0 Å². The zero-order valence-corrected chi connectivity index (χ0v) is 13.3. The van der Waals surface area contributed by atoms with Gasteiger partial charge < -0.3 is 9.84 Å². The minimum atomic E-state index is -0.676. The van der Waals surface area contributed by atoms with Crippen molar-refractivity contribution in [3.63, 3.8) is 0 Å². The van der Waals surface area contributed by atoms with Gasteiger partial charge in [-0.05, 0) is 41.9 Å². The van der Waals surface area contributed by atoms with E-state index in [1.165, 1.54) is 0 Å². The molecule has 6 atom stereocenters. The van der Waals surface area contributed by atoms with Gasteiger partial charge in [-0.1, -0.05) is 34.6 Å². The molecule has 20 heavy (non-hydrogen) atoms. The second-order valence-corrected chi connectivity index (χ2v) is 8.84. The Labute approximate surface area is 122 Å². The van der Waals surface area contributed by atoms with E-state index in [2.05, 4.69) is 40.7 Å². The lowest BCUT2D eigenvalue weighted by Crippen LogP contribution is -2.57. The van der Waals surface area contributed by atoms with Gasteiger partial charge in [0.2, 0.25) is 0 Å². The lowest BCUT2D eigenvalue weighted by atomic mass is 9.52. The molecule has 3 nitrogen and oxygen atoms in total. The minimum Gasteiger partial charge on any atom is -0.367 e. The molecule has 0 aromatic rings. The van der Waals surface area contributed by atoms with Gasteiger partial charge in [-0.2, -0.15) is 5.26 Å². The number of nitrogens with zero attached hydrogens (tertiary/aromatic N) is 1. The number of rotatable bonds is 3. The molecule has 0 aliphatic heterocycles. The molecule has 3 saturated carbocycles. The Morgan fingerprint density at radius 1 is 1.25 bits per heavy atom. The summed E-state index contributed by atoms with van der Waals surface area (Å²) in [5.41, 5.74) is 0.0416. The van der Waals surface area contributed by atoms with Crippen LogP contribution in [0.25, 0.3) is 0 Å². The highest BCUT2D eigenvalue weighted by Gasteiger charge is 2.71. The molecule has 1 N–H and O–H groups in total. The van der Waals surface area contributed by atoms with Crippen molar-refractivity contribution >= 4 is 0 Å². The smallest absolute Gasteiger partial charge is 0.161 e. The second-order valence-electron chi connectivity index (χ2n) is 8.84. The Bertz CT molecular complexity index is 459. The third kappa shape index (κ3) is 1.64. The molecule has 0 heterocycles. The average molecular weight is 277 g/mol. The van der Waals surface area contributed by atoms with Crippen molar-refractivity contribution in [1.29, 1.82) is 5.26 Å². The summed E-state index contributed by atoms with van der Waals surface area (Å²) in [7, 11) is 0. The minimum absolute atomic E-state index is 0.0356. The van der Waals surface area contributed by atoms with E-state index in [9.17, 15) is 5.11 Å². The van der Waals surface area contributed by atoms with Crippen molar-refractivity contribution in [2.24, 2.45) is 34.0 Å². The second kappa shape index (κ2) is 3.99. The van der Waals surface area contributed by atoms with Crippen LogP contribution in [-0.2, 0) is 4.74 Å². The fourth-order valence-corrected chi connectivity index (χ4v) is 5.07. The highest BCUT2D eigenvalue weighted by molar-refractivity contribution is 5.17. The predicted molar refractivity (Wildman–Crippen MR) is 76.5 cm³/mol. The molecule has 0 aromatic carbocycles. The number of aliphatic hydroxyl groups is 1. The summed E-state index contributed by atoms with van der Waals surface area (Å²) in [6, 6.07) is 2.37. The van der Waals surface area contributed by atoms with Gasteiger partial charge in [0.1, 0.15) is 0 Å². The normalized spacial score (nSPS) is 46.5. The quantitative estimate of drug-likeness (QED) is 0.805. The first kappa shape index (κ1) is 14.4. The molecule has 3 aliphatic rings. The molecule has 3 aliphatic carbocycles. The maximum Gasteiger partial charge on any atom is 0.161 e. The first-order valence-corrected chi connectivity index (χ1v) is 7.87. The topological polar surface area (TPSA) is 53.2 Å². The number of ether oxygens (including phenoxy) is 1. The summed E-state index contributed by atoms with van der Waals surface area (Å²) in [5, 5.41) is 19.7. The zero-order valence-electron chi connectivity index (χ0n) is 13.3. The number of hydrogen-bond donors (Lipinski definition) is 1. The van der Waals surface area contributed by atoms with Gasteiger partial charge in [-0.25, -0.2) is 0 Å². The Balaban J connectivity index is 1.64. The van der Waals surface area contributed by atoms with Crippen LogP contribution in [0.1, 0.15) is 53.9 Å². The molecule has 112 valence electrons. The van der Waals surface area contributed by atoms with Crippen LogP contribution in [0.3, 0.4) is 0 Å². The molecule has 3 fully saturated rings. The molecular formula is C17H27NO2. The number of hydrogen-bond acceptors (Lipinski definition) is 3. The van der Waals surface area contributed by atoms with Gasteiger partial charge in [0.15, 0.2) is 6.29 Å². The van der Waals surface area contributed by atoms with Crippen LogP contribution in [-0.4, -0.2) is 17.5 Å².